The molecule has 1 heterocycles. The summed E-state index contributed by atoms with van der Waals surface area (Å²) in [5.74, 6) is 0.0538. The van der Waals surface area contributed by atoms with Crippen molar-refractivity contribution in [3.05, 3.63) is 11.1 Å². The van der Waals surface area contributed by atoms with Gasteiger partial charge in [0, 0.05) is 11.1 Å². The summed E-state index contributed by atoms with van der Waals surface area (Å²) >= 11 is 0. The quantitative estimate of drug-likeness (QED) is 0.605. The number of hydrogen-bond acceptors (Lipinski definition) is 3. The Bertz CT molecular complexity index is 322. The number of aliphatic hydroxyl groups is 1. The van der Waals surface area contributed by atoms with Gasteiger partial charge in [0.05, 0.1) is 13.2 Å². The Labute approximate surface area is 69.0 Å². The summed E-state index contributed by atoms with van der Waals surface area (Å²) in [5.41, 5.74) is 1.31. The van der Waals surface area contributed by atoms with Gasteiger partial charge in [-0.2, -0.15) is 0 Å². The van der Waals surface area contributed by atoms with Crippen molar-refractivity contribution in [3.63, 3.8) is 0 Å². The third kappa shape index (κ3) is 0.698. The smallest absolute Gasteiger partial charge is 0.202 e. The van der Waals surface area contributed by atoms with Gasteiger partial charge >= 0.3 is 0 Å². The molecule has 64 valence electrons. The van der Waals surface area contributed by atoms with Crippen molar-refractivity contribution in [2.45, 2.75) is 6.54 Å². The molecule has 0 bridgehead atoms. The minimum atomic E-state index is -0.102. The molecule has 0 radical (unpaired) electrons. The Morgan fingerprint density at radius 1 is 1.08 bits per heavy atom. The molecule has 0 aliphatic heterocycles. The van der Waals surface area contributed by atoms with Crippen LogP contribution in [0.4, 0.5) is 0 Å². The van der Waals surface area contributed by atoms with Crippen molar-refractivity contribution >= 4 is 12.2 Å². The molecule has 0 fully saturated rings. The molecule has 4 nitrogen and oxygen atoms in total. The molecule has 12 heavy (non-hydrogen) atoms. The van der Waals surface area contributed by atoms with Crippen LogP contribution in [0.2, 0.25) is 0 Å². The predicted molar refractivity (Wildman–Crippen MR) is 43.8 cm³/mol. The van der Waals surface area contributed by atoms with E-state index in [0.717, 1.165) is 0 Å². The van der Waals surface area contributed by atoms with E-state index in [1.54, 1.807) is 12.2 Å². The van der Waals surface area contributed by atoms with Crippen LogP contribution in [0.25, 0.3) is 12.2 Å². The van der Waals surface area contributed by atoms with Crippen LogP contribution >= 0.6 is 0 Å². The van der Waals surface area contributed by atoms with Crippen LogP contribution in [0.3, 0.4) is 0 Å². The van der Waals surface area contributed by atoms with E-state index in [1.165, 1.54) is 4.57 Å². The van der Waals surface area contributed by atoms with Crippen molar-refractivity contribution < 1.29 is 15.3 Å². The number of hydrogen-bond donors (Lipinski definition) is 3. The third-order valence-corrected chi connectivity index (χ3v) is 2.02. The Kier molecular flexibility index (Phi) is 1.38. The van der Waals surface area contributed by atoms with Gasteiger partial charge in [0.2, 0.25) is 11.8 Å². The number of aliphatic hydroxyl groups excluding tert-OH is 1. The van der Waals surface area contributed by atoms with Crippen molar-refractivity contribution in [2.75, 3.05) is 6.61 Å². The third-order valence-electron chi connectivity index (χ3n) is 2.02. The first-order valence-corrected chi connectivity index (χ1v) is 3.69. The minimum Gasteiger partial charge on any atom is -0.494 e. The van der Waals surface area contributed by atoms with Gasteiger partial charge in [-0.3, -0.25) is 4.57 Å². The first kappa shape index (κ1) is 7.24. The normalized spacial score (nSPS) is 12.8. The highest BCUT2D eigenvalue weighted by Crippen LogP contribution is 2.41. The molecule has 2 rings (SSSR count). The van der Waals surface area contributed by atoms with Crippen LogP contribution in [0.5, 0.6) is 11.8 Å². The van der Waals surface area contributed by atoms with Crippen LogP contribution in [0, 0.1) is 0 Å². The summed E-state index contributed by atoms with van der Waals surface area (Å²) < 4.78 is 1.28. The molecule has 1 aromatic heterocycles. The van der Waals surface area contributed by atoms with Crippen LogP contribution in [-0.2, 0) is 6.54 Å². The fraction of sp³-hybridized carbons (Fsp3) is 0.250. The van der Waals surface area contributed by atoms with E-state index in [9.17, 15) is 10.2 Å². The SMILES string of the molecule is OCCn1c(O)c2c(c1O)C=C2. The largest absolute Gasteiger partial charge is 0.494 e. The van der Waals surface area contributed by atoms with Gasteiger partial charge in [0.25, 0.3) is 0 Å². The molecular formula is C8H9NO3. The number of aromatic nitrogens is 1. The van der Waals surface area contributed by atoms with E-state index < -0.39 is 0 Å². The van der Waals surface area contributed by atoms with Gasteiger partial charge in [0.1, 0.15) is 0 Å². The molecule has 4 heteroatoms. The first-order valence-electron chi connectivity index (χ1n) is 3.69. The van der Waals surface area contributed by atoms with Gasteiger partial charge in [-0.1, -0.05) is 0 Å². The zero-order chi connectivity index (χ0) is 8.72. The van der Waals surface area contributed by atoms with Gasteiger partial charge < -0.3 is 15.3 Å². The van der Waals surface area contributed by atoms with Crippen molar-refractivity contribution in [2.24, 2.45) is 0 Å². The van der Waals surface area contributed by atoms with Crippen LogP contribution < -0.4 is 0 Å². The predicted octanol–water partition coefficient (Wildman–Crippen LogP) is 0.375. The number of nitrogens with zero attached hydrogens (tertiary/aromatic N) is 1. The molecule has 0 unspecified atom stereocenters. The second-order valence-corrected chi connectivity index (χ2v) is 2.68. The van der Waals surface area contributed by atoms with Crippen molar-refractivity contribution in [3.8, 4) is 11.8 Å². The van der Waals surface area contributed by atoms with Crippen molar-refractivity contribution in [1.82, 2.24) is 4.57 Å². The second-order valence-electron chi connectivity index (χ2n) is 2.68. The van der Waals surface area contributed by atoms with Gasteiger partial charge in [-0.05, 0) is 12.2 Å². The standard InChI is InChI=1S/C8H9NO3/c10-4-3-9-7(11)5-1-2-6(5)8(9)12/h1-2,10-12H,3-4H2. The van der Waals surface area contributed by atoms with E-state index in [0.29, 0.717) is 11.1 Å². The molecule has 0 spiro atoms. The lowest BCUT2D eigenvalue weighted by molar-refractivity contribution is 0.256. The zero-order valence-corrected chi connectivity index (χ0v) is 6.36. The monoisotopic (exact) mass is 167 g/mol. The number of fused-ring (bicyclic) bond motifs is 1. The summed E-state index contributed by atoms with van der Waals surface area (Å²) in [5, 5.41) is 27.5. The maximum absolute atomic E-state index is 9.42. The second kappa shape index (κ2) is 2.28. The van der Waals surface area contributed by atoms with E-state index in [-0.39, 0.29) is 24.9 Å². The van der Waals surface area contributed by atoms with E-state index in [2.05, 4.69) is 0 Å². The molecule has 0 aromatic carbocycles. The number of rotatable bonds is 2. The fourth-order valence-corrected chi connectivity index (χ4v) is 1.34. The Hall–Kier alpha value is -1.42. The molecule has 0 amide bonds. The average Bonchev–Trinajstić information content (AvgIpc) is 2.09. The lowest BCUT2D eigenvalue weighted by Crippen LogP contribution is -2.00. The minimum absolute atomic E-state index is 0.0269. The molecule has 1 aromatic rings. The molecule has 3 N–H and O–H groups in total. The maximum atomic E-state index is 9.42. The fourth-order valence-electron chi connectivity index (χ4n) is 1.34. The topological polar surface area (TPSA) is 65.6 Å². The van der Waals surface area contributed by atoms with Crippen LogP contribution in [0.15, 0.2) is 0 Å². The van der Waals surface area contributed by atoms with E-state index in [4.69, 9.17) is 5.11 Å². The summed E-state index contributed by atoms with van der Waals surface area (Å²) in [6.07, 6.45) is 3.44. The highest BCUT2D eigenvalue weighted by molar-refractivity contribution is 5.91. The van der Waals surface area contributed by atoms with Crippen LogP contribution in [0.1, 0.15) is 11.1 Å². The van der Waals surface area contributed by atoms with Gasteiger partial charge in [0.15, 0.2) is 0 Å². The van der Waals surface area contributed by atoms with Crippen LogP contribution in [-0.4, -0.2) is 26.5 Å². The number of aromatic hydroxyl groups is 2. The first-order chi connectivity index (χ1) is 5.75. The average molecular weight is 167 g/mol. The summed E-state index contributed by atoms with van der Waals surface area (Å²) in [6.45, 7) is 0.112. The Morgan fingerprint density at radius 3 is 1.92 bits per heavy atom. The van der Waals surface area contributed by atoms with Gasteiger partial charge in [-0.15, -0.1) is 0 Å². The Morgan fingerprint density at radius 2 is 1.58 bits per heavy atom. The molecule has 1 aliphatic carbocycles. The molecule has 0 atom stereocenters. The molecular weight excluding hydrogens is 158 g/mol. The summed E-state index contributed by atoms with van der Waals surface area (Å²) in [4.78, 5) is 0. The summed E-state index contributed by atoms with van der Waals surface area (Å²) in [6, 6.07) is 0. The Balaban J connectivity index is 2.48. The van der Waals surface area contributed by atoms with E-state index >= 15 is 0 Å². The van der Waals surface area contributed by atoms with E-state index in [1.807, 2.05) is 0 Å². The van der Waals surface area contributed by atoms with Gasteiger partial charge in [-0.25, -0.2) is 0 Å². The van der Waals surface area contributed by atoms with Crippen molar-refractivity contribution in [1.29, 1.82) is 0 Å². The lowest BCUT2D eigenvalue weighted by Gasteiger charge is -2.02. The summed E-state index contributed by atoms with van der Waals surface area (Å²) in [7, 11) is 0. The molecule has 1 aliphatic rings. The molecule has 0 saturated carbocycles. The maximum Gasteiger partial charge on any atom is 0.202 e. The highest BCUT2D eigenvalue weighted by Gasteiger charge is 2.22. The highest BCUT2D eigenvalue weighted by atomic mass is 16.3. The lowest BCUT2D eigenvalue weighted by atomic mass is 10.0. The molecule has 0 saturated heterocycles. The zero-order valence-electron chi connectivity index (χ0n) is 6.36.